The predicted octanol–water partition coefficient (Wildman–Crippen LogP) is 1.26. The maximum Gasteiger partial charge on any atom is 0.334 e. The van der Waals surface area contributed by atoms with E-state index < -0.39 is 16.1 Å². The van der Waals surface area contributed by atoms with Gasteiger partial charge in [-0.3, -0.25) is 4.55 Å². The molecule has 1 N–H and O–H groups in total. The van der Waals surface area contributed by atoms with Crippen LogP contribution in [-0.4, -0.2) is 25.0 Å². The van der Waals surface area contributed by atoms with Crippen molar-refractivity contribution >= 4 is 16.1 Å². The lowest BCUT2D eigenvalue weighted by Gasteiger charge is -2.10. The highest BCUT2D eigenvalue weighted by molar-refractivity contribution is 7.88. The molecule has 86 valence electrons. The lowest BCUT2D eigenvalue weighted by molar-refractivity contribution is -0.143. The van der Waals surface area contributed by atoms with Gasteiger partial charge < -0.3 is 4.74 Å². The first-order chi connectivity index (χ1) is 6.88. The van der Waals surface area contributed by atoms with E-state index in [4.69, 9.17) is 9.29 Å². The molecular weight excluding hydrogens is 220 g/mol. The molecule has 1 aliphatic rings. The van der Waals surface area contributed by atoms with Gasteiger partial charge in [-0.2, -0.15) is 8.42 Å². The minimum absolute atomic E-state index is 0.107. The molecule has 0 aliphatic heterocycles. The molecule has 0 aromatic carbocycles. The highest BCUT2D eigenvalue weighted by atomic mass is 32.2. The monoisotopic (exact) mass is 234 g/mol. The summed E-state index contributed by atoms with van der Waals surface area (Å²) in [4.78, 5) is 11.3. The molecule has 6 heteroatoms. The van der Waals surface area contributed by atoms with E-state index in [0.717, 1.165) is 25.7 Å². The second-order valence-corrected chi connectivity index (χ2v) is 4.89. The fourth-order valence-electron chi connectivity index (χ4n) is 1.52. The minimum atomic E-state index is -4.26. The molecule has 0 aromatic rings. The summed E-state index contributed by atoms with van der Waals surface area (Å²) in [5, 5.41) is 0.504. The third-order valence-electron chi connectivity index (χ3n) is 2.22. The Bertz CT molecular complexity index is 362. The van der Waals surface area contributed by atoms with Crippen LogP contribution < -0.4 is 0 Å². The van der Waals surface area contributed by atoms with Crippen LogP contribution in [0, 0.1) is 0 Å². The van der Waals surface area contributed by atoms with Crippen LogP contribution in [0.4, 0.5) is 0 Å². The Labute approximate surface area is 88.9 Å². The number of esters is 1. The first-order valence-electron chi connectivity index (χ1n) is 4.75. The normalized spacial score (nSPS) is 19.2. The summed E-state index contributed by atoms with van der Waals surface area (Å²) in [6.45, 7) is 1.30. The quantitative estimate of drug-likeness (QED) is 0.451. The van der Waals surface area contributed by atoms with Gasteiger partial charge in [0.25, 0.3) is 10.1 Å². The molecular formula is C9H14O5S. The summed E-state index contributed by atoms with van der Waals surface area (Å²) in [6, 6.07) is 0. The third kappa shape index (κ3) is 4.44. The standard InChI is InChI=1S/C9H14O5S/c1-7(6-15(11,12)13)9(10)14-8-4-2-3-5-8/h6,8H,2-5H2,1H3,(H,11,12,13). The maximum absolute atomic E-state index is 11.3. The van der Waals surface area contributed by atoms with Gasteiger partial charge in [0.2, 0.25) is 0 Å². The average molecular weight is 234 g/mol. The van der Waals surface area contributed by atoms with Gasteiger partial charge >= 0.3 is 5.97 Å². The van der Waals surface area contributed by atoms with Gasteiger partial charge in [-0.1, -0.05) is 0 Å². The number of rotatable bonds is 3. The van der Waals surface area contributed by atoms with Crippen molar-refractivity contribution in [2.75, 3.05) is 0 Å². The zero-order chi connectivity index (χ0) is 11.5. The van der Waals surface area contributed by atoms with Gasteiger partial charge in [0, 0.05) is 5.57 Å². The molecule has 1 saturated carbocycles. The van der Waals surface area contributed by atoms with Gasteiger partial charge in [0.05, 0.1) is 5.41 Å². The number of hydrogen-bond donors (Lipinski definition) is 1. The molecule has 0 saturated heterocycles. The highest BCUT2D eigenvalue weighted by Gasteiger charge is 2.20. The van der Waals surface area contributed by atoms with E-state index in [1.807, 2.05) is 0 Å². The minimum Gasteiger partial charge on any atom is -0.459 e. The van der Waals surface area contributed by atoms with Crippen LogP contribution in [0.5, 0.6) is 0 Å². The number of hydrogen-bond acceptors (Lipinski definition) is 4. The molecule has 15 heavy (non-hydrogen) atoms. The van der Waals surface area contributed by atoms with E-state index in [0.29, 0.717) is 5.41 Å². The second kappa shape index (κ2) is 4.76. The van der Waals surface area contributed by atoms with Crippen LogP contribution in [-0.2, 0) is 19.6 Å². The summed E-state index contributed by atoms with van der Waals surface area (Å²) in [5.41, 5.74) is -0.107. The van der Waals surface area contributed by atoms with Crippen molar-refractivity contribution < 1.29 is 22.5 Å². The molecule has 1 aliphatic carbocycles. The number of ether oxygens (including phenoxy) is 1. The molecule has 0 amide bonds. The molecule has 0 bridgehead atoms. The second-order valence-electron chi connectivity index (χ2n) is 3.63. The zero-order valence-corrected chi connectivity index (χ0v) is 9.29. The molecule has 0 unspecified atom stereocenters. The maximum atomic E-state index is 11.3. The molecule has 0 spiro atoms. The van der Waals surface area contributed by atoms with Crippen molar-refractivity contribution in [3.05, 3.63) is 11.0 Å². The van der Waals surface area contributed by atoms with Crippen LogP contribution in [0.25, 0.3) is 0 Å². The van der Waals surface area contributed by atoms with Crippen molar-refractivity contribution in [3.8, 4) is 0 Å². The van der Waals surface area contributed by atoms with E-state index in [-0.39, 0.29) is 11.7 Å². The lowest BCUT2D eigenvalue weighted by atomic mass is 10.3. The molecule has 1 fully saturated rings. The Kier molecular flexibility index (Phi) is 3.87. The summed E-state index contributed by atoms with van der Waals surface area (Å²) < 4.78 is 34.4. The fourth-order valence-corrected chi connectivity index (χ4v) is 2.07. The van der Waals surface area contributed by atoms with E-state index in [2.05, 4.69) is 0 Å². The molecule has 0 heterocycles. The van der Waals surface area contributed by atoms with Gasteiger partial charge in [0.15, 0.2) is 0 Å². The van der Waals surface area contributed by atoms with Gasteiger partial charge in [0.1, 0.15) is 6.10 Å². The topological polar surface area (TPSA) is 80.7 Å². The van der Waals surface area contributed by atoms with Crippen molar-refractivity contribution in [2.24, 2.45) is 0 Å². The molecule has 5 nitrogen and oxygen atoms in total. The largest absolute Gasteiger partial charge is 0.459 e. The van der Waals surface area contributed by atoms with Gasteiger partial charge in [-0.05, 0) is 32.6 Å². The lowest BCUT2D eigenvalue weighted by Crippen LogP contribution is -2.15. The zero-order valence-electron chi connectivity index (χ0n) is 8.47. The molecule has 0 aromatic heterocycles. The summed E-state index contributed by atoms with van der Waals surface area (Å²) in [7, 11) is -4.26. The van der Waals surface area contributed by atoms with E-state index in [1.165, 1.54) is 6.92 Å². The average Bonchev–Trinajstić information content (AvgIpc) is 2.53. The fraction of sp³-hybridized carbons (Fsp3) is 0.667. The van der Waals surface area contributed by atoms with Gasteiger partial charge in [-0.15, -0.1) is 0 Å². The Morgan fingerprint density at radius 2 is 1.93 bits per heavy atom. The Balaban J connectivity index is 2.56. The number of carbonyl (C=O) groups is 1. The van der Waals surface area contributed by atoms with Gasteiger partial charge in [-0.25, -0.2) is 4.79 Å². The Morgan fingerprint density at radius 3 is 2.40 bits per heavy atom. The van der Waals surface area contributed by atoms with Crippen LogP contribution in [0.1, 0.15) is 32.6 Å². The first-order valence-corrected chi connectivity index (χ1v) is 6.25. The molecule has 0 atom stereocenters. The molecule has 1 rings (SSSR count). The van der Waals surface area contributed by atoms with Crippen LogP contribution in [0.15, 0.2) is 11.0 Å². The van der Waals surface area contributed by atoms with E-state index in [9.17, 15) is 13.2 Å². The van der Waals surface area contributed by atoms with Crippen molar-refractivity contribution in [1.82, 2.24) is 0 Å². The predicted molar refractivity (Wildman–Crippen MR) is 53.7 cm³/mol. The van der Waals surface area contributed by atoms with E-state index in [1.54, 1.807) is 0 Å². The summed E-state index contributed by atoms with van der Waals surface area (Å²) >= 11 is 0. The van der Waals surface area contributed by atoms with Crippen molar-refractivity contribution in [2.45, 2.75) is 38.7 Å². The van der Waals surface area contributed by atoms with E-state index >= 15 is 0 Å². The van der Waals surface area contributed by atoms with Crippen molar-refractivity contribution in [3.63, 3.8) is 0 Å². The van der Waals surface area contributed by atoms with Crippen molar-refractivity contribution in [1.29, 1.82) is 0 Å². The Hall–Kier alpha value is -0.880. The summed E-state index contributed by atoms with van der Waals surface area (Å²) in [6.07, 6.45) is 3.59. The molecule has 0 radical (unpaired) electrons. The summed E-state index contributed by atoms with van der Waals surface area (Å²) in [5.74, 6) is -0.681. The highest BCUT2D eigenvalue weighted by Crippen LogP contribution is 2.21. The third-order valence-corrected chi connectivity index (χ3v) is 2.87. The Morgan fingerprint density at radius 1 is 1.40 bits per heavy atom. The smallest absolute Gasteiger partial charge is 0.334 e. The van der Waals surface area contributed by atoms with Crippen LogP contribution in [0.3, 0.4) is 0 Å². The number of carbonyl (C=O) groups excluding carboxylic acids is 1. The SMILES string of the molecule is CC(=CS(=O)(=O)O)C(=O)OC1CCCC1. The first kappa shape index (κ1) is 12.2. The van der Waals surface area contributed by atoms with Crippen LogP contribution in [0.2, 0.25) is 0 Å². The van der Waals surface area contributed by atoms with Crippen LogP contribution >= 0.6 is 0 Å².